The molecule has 8 heteroatoms. The van der Waals surface area contributed by atoms with Crippen molar-refractivity contribution >= 4 is 29.1 Å². The van der Waals surface area contributed by atoms with Crippen LogP contribution in [0, 0.1) is 17.6 Å². The number of imide groups is 1. The van der Waals surface area contributed by atoms with Crippen LogP contribution in [0.1, 0.15) is 18.0 Å². The van der Waals surface area contributed by atoms with Gasteiger partial charge in [0, 0.05) is 13.1 Å². The minimum absolute atomic E-state index is 0.0713. The van der Waals surface area contributed by atoms with Gasteiger partial charge in [-0.3, -0.25) is 9.59 Å². The van der Waals surface area contributed by atoms with E-state index in [0.717, 1.165) is 29.5 Å². The molecule has 3 unspecified atom stereocenters. The van der Waals surface area contributed by atoms with Gasteiger partial charge < -0.3 is 0 Å². The van der Waals surface area contributed by atoms with E-state index in [0.29, 0.717) is 6.54 Å². The largest absolute Gasteiger partial charge is 0.274 e. The molecule has 3 fully saturated rings. The van der Waals surface area contributed by atoms with Gasteiger partial charge in [0.2, 0.25) is 5.91 Å². The van der Waals surface area contributed by atoms with E-state index >= 15 is 0 Å². The zero-order valence-corrected chi connectivity index (χ0v) is 15.4. The predicted molar refractivity (Wildman–Crippen MR) is 98.4 cm³/mol. The lowest BCUT2D eigenvalue weighted by Crippen LogP contribution is -2.44. The van der Waals surface area contributed by atoms with Crippen LogP contribution in [-0.2, 0) is 9.59 Å². The Bertz CT molecular complexity index is 984. The Hall–Kier alpha value is -2.35. The first-order chi connectivity index (χ1) is 13.5. The van der Waals surface area contributed by atoms with E-state index in [-0.39, 0.29) is 34.4 Å². The highest BCUT2D eigenvalue weighted by atomic mass is 35.5. The van der Waals surface area contributed by atoms with Crippen LogP contribution < -0.4 is 4.90 Å². The lowest BCUT2D eigenvalue weighted by atomic mass is 9.90. The molecule has 0 saturated carbocycles. The third-order valence-electron chi connectivity index (χ3n) is 5.78. The van der Waals surface area contributed by atoms with Gasteiger partial charge >= 0.3 is 0 Å². The Morgan fingerprint density at radius 3 is 2.25 bits per heavy atom. The van der Waals surface area contributed by atoms with Crippen LogP contribution in [0.3, 0.4) is 0 Å². The summed E-state index contributed by atoms with van der Waals surface area (Å²) in [6.07, 6.45) is 0.873. The normalized spacial score (nSPS) is 27.5. The summed E-state index contributed by atoms with van der Waals surface area (Å²) in [7, 11) is 0. The maximum atomic E-state index is 13.9. The summed E-state index contributed by atoms with van der Waals surface area (Å²) in [5.41, 5.74) is 0.959. The van der Waals surface area contributed by atoms with Crippen molar-refractivity contribution in [3.63, 3.8) is 0 Å². The maximum absolute atomic E-state index is 13.9. The fraction of sp³-hybridized carbons (Fsp3) is 0.300. The number of hydrogen-bond acceptors (Lipinski definition) is 4. The van der Waals surface area contributed by atoms with E-state index in [1.165, 1.54) is 24.3 Å². The van der Waals surface area contributed by atoms with Crippen LogP contribution in [0.4, 0.5) is 14.5 Å². The molecule has 0 spiro atoms. The molecule has 2 aromatic carbocycles. The van der Waals surface area contributed by atoms with Crippen LogP contribution in [0.15, 0.2) is 42.5 Å². The average molecular weight is 404 g/mol. The molecule has 5 nitrogen and oxygen atoms in total. The van der Waals surface area contributed by atoms with E-state index in [2.05, 4.69) is 0 Å². The summed E-state index contributed by atoms with van der Waals surface area (Å²) in [4.78, 5) is 27.5. The monoisotopic (exact) mass is 403 g/mol. The van der Waals surface area contributed by atoms with Crippen molar-refractivity contribution in [2.45, 2.75) is 18.5 Å². The zero-order chi connectivity index (χ0) is 19.6. The minimum Gasteiger partial charge on any atom is -0.274 e. The van der Waals surface area contributed by atoms with E-state index in [9.17, 15) is 18.4 Å². The van der Waals surface area contributed by atoms with Gasteiger partial charge in [0.25, 0.3) is 5.91 Å². The Labute approximate surface area is 165 Å². The van der Waals surface area contributed by atoms with Gasteiger partial charge in [-0.25, -0.2) is 23.7 Å². The lowest BCUT2D eigenvalue weighted by molar-refractivity contribution is -0.126. The molecule has 0 N–H and O–H groups in total. The molecule has 0 radical (unpaired) electrons. The van der Waals surface area contributed by atoms with Crippen molar-refractivity contribution in [3.8, 4) is 0 Å². The van der Waals surface area contributed by atoms with Gasteiger partial charge in [0.1, 0.15) is 17.7 Å². The van der Waals surface area contributed by atoms with Crippen molar-refractivity contribution in [1.82, 2.24) is 10.0 Å². The number of halogens is 3. The first-order valence-corrected chi connectivity index (χ1v) is 9.46. The number of amides is 2. The number of carbonyl (C=O) groups is 2. The third-order valence-corrected chi connectivity index (χ3v) is 6.09. The smallest absolute Gasteiger partial charge is 0.253 e. The van der Waals surface area contributed by atoms with Crippen molar-refractivity contribution in [1.29, 1.82) is 0 Å². The number of anilines is 1. The van der Waals surface area contributed by atoms with Gasteiger partial charge in [0.15, 0.2) is 0 Å². The first-order valence-electron chi connectivity index (χ1n) is 9.09. The molecule has 144 valence electrons. The van der Waals surface area contributed by atoms with Gasteiger partial charge in [-0.15, -0.1) is 0 Å². The molecular formula is C20H16ClF2N3O2. The third kappa shape index (κ3) is 2.43. The lowest BCUT2D eigenvalue weighted by Gasteiger charge is -2.29. The fourth-order valence-electron chi connectivity index (χ4n) is 4.65. The second kappa shape index (κ2) is 6.34. The van der Waals surface area contributed by atoms with Crippen molar-refractivity contribution < 1.29 is 18.4 Å². The Balaban J connectivity index is 1.58. The molecule has 3 aliphatic rings. The van der Waals surface area contributed by atoms with Gasteiger partial charge in [-0.05, 0) is 42.3 Å². The molecule has 3 aliphatic heterocycles. The molecule has 3 atom stereocenters. The van der Waals surface area contributed by atoms with Crippen molar-refractivity contribution in [2.24, 2.45) is 5.92 Å². The Kier molecular flexibility index (Phi) is 4.01. The van der Waals surface area contributed by atoms with Crippen LogP contribution in [-0.4, -0.2) is 41.0 Å². The number of carbonyl (C=O) groups excluding carboxylic acids is 2. The maximum Gasteiger partial charge on any atom is 0.253 e. The van der Waals surface area contributed by atoms with E-state index in [4.69, 9.17) is 11.6 Å². The molecule has 3 heterocycles. The molecule has 0 aliphatic carbocycles. The molecule has 5 rings (SSSR count). The molecule has 0 bridgehead atoms. The summed E-state index contributed by atoms with van der Waals surface area (Å²) >= 11 is 5.74. The number of hydrogen-bond donors (Lipinski definition) is 0. The van der Waals surface area contributed by atoms with Gasteiger partial charge in [-0.2, -0.15) is 0 Å². The Morgan fingerprint density at radius 2 is 1.57 bits per heavy atom. The molecular weight excluding hydrogens is 388 g/mol. The SMILES string of the molecule is O=C1C2C(C(=O)N1c1ccc(Cl)c(F)c1)N1CCCN1C2c1ccc(F)cc1. The molecule has 0 aromatic heterocycles. The van der Waals surface area contributed by atoms with Crippen LogP contribution >= 0.6 is 11.6 Å². The van der Waals surface area contributed by atoms with Crippen molar-refractivity contribution in [3.05, 3.63) is 64.7 Å². The summed E-state index contributed by atoms with van der Waals surface area (Å²) < 4.78 is 27.3. The second-order valence-corrected chi connectivity index (χ2v) is 7.66. The highest BCUT2D eigenvalue weighted by molar-refractivity contribution is 6.31. The summed E-state index contributed by atoms with van der Waals surface area (Å²) in [5, 5.41) is 3.90. The summed E-state index contributed by atoms with van der Waals surface area (Å²) in [5.74, 6) is -2.41. The Morgan fingerprint density at radius 1 is 0.893 bits per heavy atom. The van der Waals surface area contributed by atoms with Crippen LogP contribution in [0.25, 0.3) is 0 Å². The first kappa shape index (κ1) is 17.7. The van der Waals surface area contributed by atoms with E-state index < -0.39 is 17.8 Å². The highest BCUT2D eigenvalue weighted by Gasteiger charge is 2.62. The number of rotatable bonds is 2. The van der Waals surface area contributed by atoms with E-state index in [1.54, 1.807) is 12.1 Å². The topological polar surface area (TPSA) is 43.9 Å². The fourth-order valence-corrected chi connectivity index (χ4v) is 4.77. The number of fused-ring (bicyclic) bond motifs is 3. The molecule has 28 heavy (non-hydrogen) atoms. The minimum atomic E-state index is -0.685. The summed E-state index contributed by atoms with van der Waals surface area (Å²) in [6.45, 7) is 1.39. The van der Waals surface area contributed by atoms with Gasteiger partial charge in [-0.1, -0.05) is 23.7 Å². The van der Waals surface area contributed by atoms with Crippen molar-refractivity contribution in [2.75, 3.05) is 18.0 Å². The predicted octanol–water partition coefficient (Wildman–Crippen LogP) is 3.15. The summed E-state index contributed by atoms with van der Waals surface area (Å²) in [6, 6.07) is 8.94. The second-order valence-electron chi connectivity index (χ2n) is 7.26. The van der Waals surface area contributed by atoms with E-state index in [1.807, 2.05) is 10.0 Å². The number of nitrogens with zero attached hydrogens (tertiary/aromatic N) is 3. The quantitative estimate of drug-likeness (QED) is 0.723. The van der Waals surface area contributed by atoms with Gasteiger partial charge in [0.05, 0.1) is 22.7 Å². The number of benzene rings is 2. The average Bonchev–Trinajstić information content (AvgIpc) is 3.31. The number of hydrazine groups is 1. The van der Waals surface area contributed by atoms with Crippen LogP contribution in [0.2, 0.25) is 5.02 Å². The standard InChI is InChI=1S/C20H16ClF2N3O2/c21-14-7-6-13(10-15(14)23)26-19(27)16-17(11-2-4-12(22)5-3-11)24-8-1-9-25(24)18(16)20(26)28/h2-7,10,16-18H,1,8-9H2. The zero-order valence-electron chi connectivity index (χ0n) is 14.7. The highest BCUT2D eigenvalue weighted by Crippen LogP contribution is 2.49. The van der Waals surface area contributed by atoms with Crippen LogP contribution in [0.5, 0.6) is 0 Å². The molecule has 2 aromatic rings. The molecule has 2 amide bonds. The molecule has 3 saturated heterocycles.